The second-order valence-electron chi connectivity index (χ2n) is 4.68. The molecule has 0 saturated carbocycles. The number of alkyl halides is 1. The largest absolute Gasteiger partial charge is 0.376 e. The van der Waals surface area contributed by atoms with Gasteiger partial charge in [-0.1, -0.05) is 29.4 Å². The number of aromatic nitrogens is 1. The minimum atomic E-state index is -0.905. The van der Waals surface area contributed by atoms with Crippen LogP contribution in [-0.4, -0.2) is 25.0 Å². The highest BCUT2D eigenvalue weighted by Gasteiger charge is 2.22. The molecular formula is C15H16FN4O2+. The van der Waals surface area contributed by atoms with E-state index in [1.165, 1.54) is 13.3 Å². The molecule has 0 fully saturated rings. The minimum absolute atomic E-state index is 0.645. The number of azide groups is 1. The molecule has 0 aliphatic carbocycles. The zero-order valence-corrected chi connectivity index (χ0v) is 12.0. The molecule has 0 aliphatic heterocycles. The van der Waals surface area contributed by atoms with Gasteiger partial charge in [0.05, 0.1) is 17.7 Å². The fourth-order valence-corrected chi connectivity index (χ4v) is 2.25. The molecule has 0 bridgehead atoms. The van der Waals surface area contributed by atoms with Gasteiger partial charge in [0.15, 0.2) is 0 Å². The van der Waals surface area contributed by atoms with Crippen LogP contribution >= 0.6 is 0 Å². The van der Waals surface area contributed by atoms with Crippen LogP contribution in [0, 0.1) is 0 Å². The van der Waals surface area contributed by atoms with Crippen LogP contribution in [0.25, 0.3) is 21.6 Å². The lowest BCUT2D eigenvalue weighted by atomic mass is 10.00. The van der Waals surface area contributed by atoms with E-state index in [1.54, 1.807) is 24.4 Å². The number of benzene rings is 1. The molecule has 0 spiro atoms. The van der Waals surface area contributed by atoms with Crippen molar-refractivity contribution in [2.75, 3.05) is 13.8 Å². The summed E-state index contributed by atoms with van der Waals surface area (Å²) in [5.74, 6) is 0. The van der Waals surface area contributed by atoms with E-state index < -0.39 is 18.8 Å². The molecule has 0 radical (unpaired) electrons. The SMILES string of the molecule is CO[C@H](c1ccc(-c2ccc[n+](O)c2)cc1)[C@@H](CF)N=[N+]=[N-]. The van der Waals surface area contributed by atoms with Crippen molar-refractivity contribution in [2.24, 2.45) is 5.11 Å². The van der Waals surface area contributed by atoms with Gasteiger partial charge in [-0.25, -0.2) is 0 Å². The van der Waals surface area contributed by atoms with Crippen LogP contribution in [0.3, 0.4) is 0 Å². The molecule has 0 amide bonds. The molecule has 0 unspecified atom stereocenters. The van der Waals surface area contributed by atoms with Gasteiger partial charge in [-0.2, -0.15) is 0 Å². The van der Waals surface area contributed by atoms with Gasteiger partial charge in [0.1, 0.15) is 6.67 Å². The second kappa shape index (κ2) is 7.40. The monoisotopic (exact) mass is 303 g/mol. The van der Waals surface area contributed by atoms with Crippen molar-refractivity contribution in [3.8, 4) is 11.1 Å². The van der Waals surface area contributed by atoms with E-state index in [4.69, 9.17) is 10.3 Å². The summed E-state index contributed by atoms with van der Waals surface area (Å²) in [6.07, 6.45) is 2.45. The van der Waals surface area contributed by atoms with E-state index in [9.17, 15) is 9.60 Å². The predicted octanol–water partition coefficient (Wildman–Crippen LogP) is 3.21. The van der Waals surface area contributed by atoms with Crippen LogP contribution in [0.15, 0.2) is 53.9 Å². The number of pyridine rings is 1. The van der Waals surface area contributed by atoms with E-state index >= 15 is 0 Å². The zero-order chi connectivity index (χ0) is 15.9. The third-order valence-corrected chi connectivity index (χ3v) is 3.32. The van der Waals surface area contributed by atoms with Crippen LogP contribution < -0.4 is 4.73 Å². The highest BCUT2D eigenvalue weighted by molar-refractivity contribution is 5.61. The summed E-state index contributed by atoms with van der Waals surface area (Å²) in [7, 11) is 1.44. The summed E-state index contributed by atoms with van der Waals surface area (Å²) in [6.45, 7) is -0.798. The van der Waals surface area contributed by atoms with Gasteiger partial charge in [0.2, 0.25) is 12.4 Å². The molecule has 0 saturated heterocycles. The van der Waals surface area contributed by atoms with Crippen LogP contribution in [-0.2, 0) is 4.74 Å². The van der Waals surface area contributed by atoms with Crippen LogP contribution in [0.4, 0.5) is 4.39 Å². The highest BCUT2D eigenvalue weighted by atomic mass is 19.1. The van der Waals surface area contributed by atoms with E-state index in [2.05, 4.69) is 10.0 Å². The van der Waals surface area contributed by atoms with Crippen LogP contribution in [0.1, 0.15) is 11.7 Å². The predicted molar refractivity (Wildman–Crippen MR) is 77.9 cm³/mol. The highest BCUT2D eigenvalue weighted by Crippen LogP contribution is 2.26. The summed E-state index contributed by atoms with van der Waals surface area (Å²) in [4.78, 5) is 2.65. The van der Waals surface area contributed by atoms with E-state index in [0.29, 0.717) is 5.56 Å². The Balaban J connectivity index is 2.28. The normalized spacial score (nSPS) is 13.2. The number of halogens is 1. The van der Waals surface area contributed by atoms with Gasteiger partial charge in [0, 0.05) is 22.8 Å². The Morgan fingerprint density at radius 1 is 1.32 bits per heavy atom. The molecule has 2 rings (SSSR count). The van der Waals surface area contributed by atoms with Gasteiger partial charge < -0.3 is 4.74 Å². The smallest absolute Gasteiger partial charge is 0.230 e. The minimum Gasteiger partial charge on any atom is -0.376 e. The molecule has 0 aliphatic rings. The van der Waals surface area contributed by atoms with Gasteiger partial charge >= 0.3 is 0 Å². The van der Waals surface area contributed by atoms with Crippen molar-refractivity contribution in [3.05, 3.63) is 64.8 Å². The molecule has 22 heavy (non-hydrogen) atoms. The molecular weight excluding hydrogens is 287 g/mol. The van der Waals surface area contributed by atoms with Gasteiger partial charge in [-0.15, -0.1) is 0 Å². The first-order valence-corrected chi connectivity index (χ1v) is 6.63. The number of hydrogen-bond donors (Lipinski definition) is 1. The quantitative estimate of drug-likeness (QED) is 0.292. The number of nitrogens with zero attached hydrogens (tertiary/aromatic N) is 4. The summed E-state index contributed by atoms with van der Waals surface area (Å²) in [5.41, 5.74) is 10.9. The van der Waals surface area contributed by atoms with Crippen molar-refractivity contribution in [2.45, 2.75) is 12.1 Å². The number of hydrogen-bond acceptors (Lipinski definition) is 3. The first-order chi connectivity index (χ1) is 10.7. The summed E-state index contributed by atoms with van der Waals surface area (Å²) in [5, 5.41) is 12.9. The van der Waals surface area contributed by atoms with Gasteiger partial charge in [-0.05, 0) is 22.7 Å². The summed E-state index contributed by atoms with van der Waals surface area (Å²) < 4.78 is 19.2. The molecule has 6 nitrogen and oxygen atoms in total. The fraction of sp³-hybridized carbons (Fsp3) is 0.267. The number of ether oxygens (including phenoxy) is 1. The molecule has 1 heterocycles. The molecule has 2 atom stereocenters. The van der Waals surface area contributed by atoms with Gasteiger partial charge in [-0.3, -0.25) is 9.60 Å². The first-order valence-electron chi connectivity index (χ1n) is 6.63. The third-order valence-electron chi connectivity index (χ3n) is 3.32. The lowest BCUT2D eigenvalue weighted by Gasteiger charge is -2.20. The topological polar surface area (TPSA) is 82.1 Å². The third kappa shape index (κ3) is 3.52. The van der Waals surface area contributed by atoms with E-state index in [-0.39, 0.29) is 0 Å². The molecule has 1 N–H and O–H groups in total. The Bertz CT molecular complexity index is 671. The maximum absolute atomic E-state index is 13.0. The van der Waals surface area contributed by atoms with Crippen molar-refractivity contribution < 1.29 is 19.1 Å². The molecule has 1 aromatic carbocycles. The molecule has 7 heteroatoms. The summed E-state index contributed by atoms with van der Waals surface area (Å²) in [6, 6.07) is 9.92. The molecule has 2 aromatic rings. The maximum atomic E-state index is 13.0. The second-order valence-corrected chi connectivity index (χ2v) is 4.68. The Morgan fingerprint density at radius 3 is 2.59 bits per heavy atom. The van der Waals surface area contributed by atoms with Crippen LogP contribution in [0.2, 0.25) is 0 Å². The van der Waals surface area contributed by atoms with Crippen LogP contribution in [0.5, 0.6) is 0 Å². The maximum Gasteiger partial charge on any atom is 0.230 e. The molecule has 1 aromatic heterocycles. The average molecular weight is 303 g/mol. The number of rotatable bonds is 6. The Kier molecular flexibility index (Phi) is 5.30. The van der Waals surface area contributed by atoms with Crippen molar-refractivity contribution in [3.63, 3.8) is 0 Å². The standard InChI is InChI=1S/C15H16FN4O2/c1-22-15(14(9-16)18-19-17)12-6-4-11(5-7-12)13-3-2-8-20(21)10-13/h2-8,10,14-15,21H,9H2,1H3/q+1/t14-,15-/m1/s1. The first kappa shape index (κ1) is 15.8. The van der Waals surface area contributed by atoms with Crippen molar-refractivity contribution >= 4 is 0 Å². The number of methoxy groups -OCH3 is 1. The fourth-order valence-electron chi connectivity index (χ4n) is 2.25. The van der Waals surface area contributed by atoms with Crippen molar-refractivity contribution in [1.82, 2.24) is 0 Å². The lowest BCUT2D eigenvalue weighted by molar-refractivity contribution is -0.904. The van der Waals surface area contributed by atoms with Gasteiger partial charge in [0.25, 0.3) is 0 Å². The average Bonchev–Trinajstić information content (AvgIpc) is 2.55. The zero-order valence-electron chi connectivity index (χ0n) is 12.0. The van der Waals surface area contributed by atoms with Crippen molar-refractivity contribution in [1.29, 1.82) is 0 Å². The Morgan fingerprint density at radius 2 is 2.05 bits per heavy atom. The molecule has 114 valence electrons. The Hall–Kier alpha value is -2.63. The Labute approximate surface area is 127 Å². The van der Waals surface area contributed by atoms with E-state index in [0.717, 1.165) is 15.9 Å². The lowest BCUT2D eigenvalue weighted by Crippen LogP contribution is -2.28. The summed E-state index contributed by atoms with van der Waals surface area (Å²) >= 11 is 0. The van der Waals surface area contributed by atoms with E-state index in [1.807, 2.05) is 18.2 Å².